The van der Waals surface area contributed by atoms with Crippen molar-refractivity contribution in [1.82, 2.24) is 10.2 Å². The molecule has 2 rings (SSSR count). The first-order valence-corrected chi connectivity index (χ1v) is 7.64. The van der Waals surface area contributed by atoms with Gasteiger partial charge in [-0.05, 0) is 19.4 Å². The number of sulfone groups is 1. The smallest absolute Gasteiger partial charge is 0.152 e. The van der Waals surface area contributed by atoms with Crippen molar-refractivity contribution in [2.24, 2.45) is 0 Å². The number of rotatable bonds is 2. The molecule has 0 aromatic rings. The van der Waals surface area contributed by atoms with Crippen LogP contribution in [0.4, 0.5) is 0 Å². The number of hydrogen-bond donors (Lipinski definition) is 1. The van der Waals surface area contributed by atoms with Crippen molar-refractivity contribution in [3.8, 4) is 0 Å². The molecule has 0 aliphatic carbocycles. The van der Waals surface area contributed by atoms with E-state index < -0.39 is 9.84 Å². The van der Waals surface area contributed by atoms with Gasteiger partial charge in [-0.15, -0.1) is 0 Å². The number of hydrogen-bond acceptors (Lipinski definition) is 4. The van der Waals surface area contributed by atoms with E-state index in [4.69, 9.17) is 0 Å². The molecule has 1 unspecified atom stereocenters. The Bertz CT molecular complexity index is 283. The second-order valence-corrected chi connectivity index (χ2v) is 6.90. The van der Waals surface area contributed by atoms with Crippen LogP contribution in [0.5, 0.6) is 0 Å². The maximum Gasteiger partial charge on any atom is 0.152 e. The SMILES string of the molecule is O=S1(=O)CCN(CC2CCCCN2)CC1. The molecule has 2 aliphatic rings. The summed E-state index contributed by atoms with van der Waals surface area (Å²) < 4.78 is 22.5. The van der Waals surface area contributed by atoms with Crippen LogP contribution in [-0.4, -0.2) is 57.0 Å². The van der Waals surface area contributed by atoms with Gasteiger partial charge in [0.1, 0.15) is 0 Å². The summed E-state index contributed by atoms with van der Waals surface area (Å²) in [6.07, 6.45) is 3.83. The van der Waals surface area contributed by atoms with Crippen LogP contribution in [0.15, 0.2) is 0 Å². The molecule has 0 aromatic carbocycles. The van der Waals surface area contributed by atoms with Gasteiger partial charge >= 0.3 is 0 Å². The van der Waals surface area contributed by atoms with Crippen molar-refractivity contribution >= 4 is 9.84 Å². The standard InChI is InChI=1S/C10H20N2O2S/c13-15(14)7-5-12(6-8-15)9-10-3-1-2-4-11-10/h10-11H,1-9H2. The first kappa shape index (κ1) is 11.4. The Morgan fingerprint density at radius 1 is 1.20 bits per heavy atom. The van der Waals surface area contributed by atoms with Gasteiger partial charge in [0, 0.05) is 25.7 Å². The molecule has 0 amide bonds. The zero-order valence-corrected chi connectivity index (χ0v) is 9.93. The molecule has 2 saturated heterocycles. The van der Waals surface area contributed by atoms with E-state index in [1.807, 2.05) is 0 Å². The predicted molar refractivity (Wildman–Crippen MR) is 60.7 cm³/mol. The van der Waals surface area contributed by atoms with Gasteiger partial charge < -0.3 is 5.32 Å². The lowest BCUT2D eigenvalue weighted by Gasteiger charge is -2.32. The van der Waals surface area contributed by atoms with Crippen LogP contribution in [0.2, 0.25) is 0 Å². The van der Waals surface area contributed by atoms with Crippen molar-refractivity contribution in [3.63, 3.8) is 0 Å². The van der Waals surface area contributed by atoms with Crippen LogP contribution in [0, 0.1) is 0 Å². The van der Waals surface area contributed by atoms with Gasteiger partial charge in [0.2, 0.25) is 0 Å². The topological polar surface area (TPSA) is 49.4 Å². The molecule has 2 fully saturated rings. The summed E-state index contributed by atoms with van der Waals surface area (Å²) in [6, 6.07) is 0.583. The lowest BCUT2D eigenvalue weighted by Crippen LogP contribution is -2.48. The number of nitrogens with zero attached hydrogens (tertiary/aromatic N) is 1. The molecule has 5 heteroatoms. The van der Waals surface area contributed by atoms with E-state index in [0.717, 1.165) is 26.2 Å². The molecule has 88 valence electrons. The van der Waals surface area contributed by atoms with Crippen molar-refractivity contribution in [1.29, 1.82) is 0 Å². The van der Waals surface area contributed by atoms with Crippen molar-refractivity contribution in [2.45, 2.75) is 25.3 Å². The second-order valence-electron chi connectivity index (χ2n) is 4.60. The van der Waals surface area contributed by atoms with Crippen LogP contribution < -0.4 is 5.32 Å². The van der Waals surface area contributed by atoms with E-state index in [1.54, 1.807) is 0 Å². The highest BCUT2D eigenvalue weighted by Crippen LogP contribution is 2.10. The summed E-state index contributed by atoms with van der Waals surface area (Å²) in [6.45, 7) is 3.59. The summed E-state index contributed by atoms with van der Waals surface area (Å²) in [5, 5.41) is 3.50. The third-order valence-corrected chi connectivity index (χ3v) is 4.94. The molecule has 2 aliphatic heterocycles. The molecule has 15 heavy (non-hydrogen) atoms. The van der Waals surface area contributed by atoms with E-state index in [9.17, 15) is 8.42 Å². The Balaban J connectivity index is 1.76. The van der Waals surface area contributed by atoms with Gasteiger partial charge in [0.25, 0.3) is 0 Å². The Kier molecular flexibility index (Phi) is 3.64. The summed E-state index contributed by atoms with van der Waals surface area (Å²) in [4.78, 5) is 2.28. The molecule has 2 heterocycles. The van der Waals surface area contributed by atoms with Crippen LogP contribution in [-0.2, 0) is 9.84 Å². The maximum absolute atomic E-state index is 11.2. The average molecular weight is 232 g/mol. The van der Waals surface area contributed by atoms with Gasteiger partial charge in [-0.2, -0.15) is 0 Å². The van der Waals surface area contributed by atoms with Gasteiger partial charge in [0.15, 0.2) is 9.84 Å². The molecule has 0 saturated carbocycles. The number of nitrogens with one attached hydrogen (secondary N) is 1. The number of piperidine rings is 1. The predicted octanol–water partition coefficient (Wildman–Crippen LogP) is -0.141. The highest BCUT2D eigenvalue weighted by Gasteiger charge is 2.24. The van der Waals surface area contributed by atoms with Gasteiger partial charge in [-0.25, -0.2) is 8.42 Å². The molecule has 1 atom stereocenters. The second kappa shape index (κ2) is 4.80. The summed E-state index contributed by atoms with van der Waals surface area (Å²) in [7, 11) is -2.72. The zero-order valence-electron chi connectivity index (χ0n) is 9.11. The van der Waals surface area contributed by atoms with Gasteiger partial charge in [-0.1, -0.05) is 6.42 Å². The molecule has 4 nitrogen and oxygen atoms in total. The molecule has 0 bridgehead atoms. The monoisotopic (exact) mass is 232 g/mol. The average Bonchev–Trinajstić information content (AvgIpc) is 2.23. The highest BCUT2D eigenvalue weighted by atomic mass is 32.2. The molecular formula is C10H20N2O2S. The zero-order chi connectivity index (χ0) is 10.7. The maximum atomic E-state index is 11.2. The first-order valence-electron chi connectivity index (χ1n) is 5.82. The van der Waals surface area contributed by atoms with Crippen LogP contribution >= 0.6 is 0 Å². The normalized spacial score (nSPS) is 32.7. The molecular weight excluding hydrogens is 212 g/mol. The summed E-state index contributed by atoms with van der Waals surface area (Å²) in [5.74, 6) is 0.694. The van der Waals surface area contributed by atoms with E-state index in [1.165, 1.54) is 19.3 Å². The minimum absolute atomic E-state index is 0.347. The third-order valence-electron chi connectivity index (χ3n) is 3.33. The Hall–Kier alpha value is -0.130. The van der Waals surface area contributed by atoms with Crippen molar-refractivity contribution in [3.05, 3.63) is 0 Å². The summed E-state index contributed by atoms with van der Waals surface area (Å²) >= 11 is 0. The van der Waals surface area contributed by atoms with E-state index in [0.29, 0.717) is 17.5 Å². The van der Waals surface area contributed by atoms with Crippen molar-refractivity contribution in [2.75, 3.05) is 37.7 Å². The van der Waals surface area contributed by atoms with Crippen LogP contribution in [0.1, 0.15) is 19.3 Å². The van der Waals surface area contributed by atoms with E-state index in [2.05, 4.69) is 10.2 Å². The van der Waals surface area contributed by atoms with E-state index in [-0.39, 0.29) is 0 Å². The Labute approximate surface area is 91.9 Å². The summed E-state index contributed by atoms with van der Waals surface area (Å²) in [5.41, 5.74) is 0. The van der Waals surface area contributed by atoms with Crippen LogP contribution in [0.3, 0.4) is 0 Å². The minimum atomic E-state index is -2.72. The van der Waals surface area contributed by atoms with Gasteiger partial charge in [0.05, 0.1) is 11.5 Å². The lowest BCUT2D eigenvalue weighted by molar-refractivity contribution is 0.238. The molecule has 1 N–H and O–H groups in total. The molecule has 0 aromatic heterocycles. The quantitative estimate of drug-likeness (QED) is 0.720. The van der Waals surface area contributed by atoms with Crippen molar-refractivity contribution < 1.29 is 8.42 Å². The van der Waals surface area contributed by atoms with E-state index >= 15 is 0 Å². The fourth-order valence-electron chi connectivity index (χ4n) is 2.32. The largest absolute Gasteiger partial charge is 0.313 e. The third kappa shape index (κ3) is 3.43. The fourth-order valence-corrected chi connectivity index (χ4v) is 3.60. The minimum Gasteiger partial charge on any atom is -0.313 e. The van der Waals surface area contributed by atoms with Gasteiger partial charge in [-0.3, -0.25) is 4.90 Å². The Morgan fingerprint density at radius 3 is 2.53 bits per heavy atom. The molecule has 0 spiro atoms. The highest BCUT2D eigenvalue weighted by molar-refractivity contribution is 7.91. The molecule has 0 radical (unpaired) electrons. The lowest BCUT2D eigenvalue weighted by atomic mass is 10.0. The first-order chi connectivity index (χ1) is 7.16. The van der Waals surface area contributed by atoms with Crippen LogP contribution in [0.25, 0.3) is 0 Å². The Morgan fingerprint density at radius 2 is 1.93 bits per heavy atom. The fraction of sp³-hybridized carbons (Fsp3) is 1.00.